The van der Waals surface area contributed by atoms with Gasteiger partial charge in [-0.2, -0.15) is 13.2 Å². The van der Waals surface area contributed by atoms with Crippen LogP contribution in [0, 0.1) is 0 Å². The van der Waals surface area contributed by atoms with Crippen molar-refractivity contribution in [1.82, 2.24) is 19.9 Å². The zero-order valence-electron chi connectivity index (χ0n) is 18.7. The van der Waals surface area contributed by atoms with Crippen LogP contribution in [-0.2, 0) is 11.2 Å². The van der Waals surface area contributed by atoms with Crippen molar-refractivity contribution in [1.29, 1.82) is 0 Å². The lowest BCUT2D eigenvalue weighted by atomic mass is 9.97. The number of alkyl halides is 3. The van der Waals surface area contributed by atoms with Crippen molar-refractivity contribution < 1.29 is 22.7 Å². The first-order chi connectivity index (χ1) is 16.8. The summed E-state index contributed by atoms with van der Waals surface area (Å²) in [5.74, 6) is -0.101. The van der Waals surface area contributed by atoms with Crippen LogP contribution in [0.5, 0.6) is 5.75 Å². The smallest absolute Gasteiger partial charge is 0.414 e. The first-order valence-corrected chi connectivity index (χ1v) is 11.9. The van der Waals surface area contributed by atoms with Gasteiger partial charge in [0.2, 0.25) is 5.91 Å². The van der Waals surface area contributed by atoms with E-state index < -0.39 is 18.1 Å². The number of nitrogens with one attached hydrogen (secondary N) is 1. The van der Waals surface area contributed by atoms with E-state index in [0.29, 0.717) is 34.1 Å². The van der Waals surface area contributed by atoms with Crippen molar-refractivity contribution in [3.05, 3.63) is 72.1 Å². The molecule has 1 N–H and O–H groups in total. The highest BCUT2D eigenvalue weighted by Gasteiger charge is 2.50. The van der Waals surface area contributed by atoms with Crippen LogP contribution in [0.15, 0.2) is 66.0 Å². The van der Waals surface area contributed by atoms with Crippen LogP contribution in [0.25, 0.3) is 22.2 Å². The number of para-hydroxylation sites is 1. The molecule has 1 atom stereocenters. The van der Waals surface area contributed by atoms with Gasteiger partial charge in [-0.15, -0.1) is 0 Å². The Hall–Kier alpha value is -3.53. The number of rotatable bonds is 5. The normalized spacial score (nSPS) is 15.8. The first kappa shape index (κ1) is 23.2. The summed E-state index contributed by atoms with van der Waals surface area (Å²) < 4.78 is 47.6. The van der Waals surface area contributed by atoms with Gasteiger partial charge in [-0.1, -0.05) is 30.0 Å². The molecule has 2 aromatic carbocycles. The van der Waals surface area contributed by atoms with Crippen LogP contribution in [0.4, 0.5) is 13.2 Å². The molecule has 3 heterocycles. The fraction of sp³-hybridized carbons (Fsp3) is 0.240. The van der Waals surface area contributed by atoms with Crippen LogP contribution in [0.1, 0.15) is 17.3 Å². The largest absolute Gasteiger partial charge is 0.497 e. The van der Waals surface area contributed by atoms with Gasteiger partial charge in [0.25, 0.3) is 0 Å². The molecule has 0 saturated carbocycles. The quantitative estimate of drug-likeness (QED) is 0.294. The Labute approximate surface area is 203 Å². The average Bonchev–Trinajstić information content (AvgIpc) is 3.25. The number of benzene rings is 2. The van der Waals surface area contributed by atoms with Gasteiger partial charge in [0.15, 0.2) is 11.2 Å². The number of fused-ring (bicyclic) bond motifs is 3. The summed E-state index contributed by atoms with van der Waals surface area (Å²) in [7, 11) is 1.58. The second-order valence-corrected chi connectivity index (χ2v) is 9.03. The summed E-state index contributed by atoms with van der Waals surface area (Å²) in [6, 6.07) is 14.1. The summed E-state index contributed by atoms with van der Waals surface area (Å²) in [6.45, 7) is -0.00877. The SMILES string of the molecule is COc1ccc(-c2ccnc(SCC(=O)N3CCc4c([nH]c5ccccc45)[C@@H]3C(F)(F)F)n2)cc1. The van der Waals surface area contributed by atoms with Gasteiger partial charge in [-0.25, -0.2) is 9.97 Å². The van der Waals surface area contributed by atoms with Crippen molar-refractivity contribution in [2.75, 3.05) is 19.4 Å². The lowest BCUT2D eigenvalue weighted by molar-refractivity contribution is -0.193. The number of carbonyl (C=O) groups is 1. The third-order valence-corrected chi connectivity index (χ3v) is 6.86. The summed E-state index contributed by atoms with van der Waals surface area (Å²) in [5, 5.41) is 1.08. The molecule has 4 aromatic rings. The number of thioether (sulfide) groups is 1. The molecule has 0 fully saturated rings. The minimum Gasteiger partial charge on any atom is -0.497 e. The fourth-order valence-electron chi connectivity index (χ4n) is 4.39. The molecule has 0 spiro atoms. The van der Waals surface area contributed by atoms with Crippen LogP contribution in [0.2, 0.25) is 0 Å². The second kappa shape index (κ2) is 9.26. The molecule has 180 valence electrons. The zero-order chi connectivity index (χ0) is 24.6. The number of amides is 1. The predicted molar refractivity (Wildman–Crippen MR) is 127 cm³/mol. The van der Waals surface area contributed by atoms with Crippen LogP contribution < -0.4 is 4.74 Å². The number of hydrogen-bond donors (Lipinski definition) is 1. The number of carbonyl (C=O) groups excluding carboxylic acids is 1. The lowest BCUT2D eigenvalue weighted by Crippen LogP contribution is -2.47. The molecule has 10 heteroatoms. The number of aromatic nitrogens is 3. The van der Waals surface area contributed by atoms with Crippen LogP contribution in [0.3, 0.4) is 0 Å². The summed E-state index contributed by atoms with van der Waals surface area (Å²) in [6.07, 6.45) is -2.69. The Bertz CT molecular complexity index is 1370. The van der Waals surface area contributed by atoms with E-state index in [0.717, 1.165) is 27.6 Å². The van der Waals surface area contributed by atoms with E-state index >= 15 is 0 Å². The number of hydrogen-bond acceptors (Lipinski definition) is 5. The predicted octanol–water partition coefficient (Wildman–Crippen LogP) is 5.41. The maximum Gasteiger partial charge on any atom is 0.414 e. The van der Waals surface area contributed by atoms with E-state index in [1.54, 1.807) is 55.8 Å². The molecule has 2 aromatic heterocycles. The highest BCUT2D eigenvalue weighted by molar-refractivity contribution is 7.99. The standard InChI is InChI=1S/C25H21F3N4O2S/c1-34-16-8-6-15(7-9-16)19-10-12-29-24(31-19)35-14-21(33)32-13-11-18-17-4-2-3-5-20(17)30-22(18)23(32)25(26,27)28/h2-10,12,23,30H,11,13-14H2,1H3/t23-/m1/s1. The Morgan fingerprint density at radius 2 is 1.94 bits per heavy atom. The van der Waals surface area contributed by atoms with Crippen molar-refractivity contribution >= 4 is 28.6 Å². The monoisotopic (exact) mass is 498 g/mol. The van der Waals surface area contributed by atoms with Gasteiger partial charge in [0.1, 0.15) is 5.75 Å². The number of ether oxygens (including phenoxy) is 1. The molecule has 0 saturated heterocycles. The van der Waals surface area contributed by atoms with Crippen molar-refractivity contribution in [3.8, 4) is 17.0 Å². The van der Waals surface area contributed by atoms with E-state index in [2.05, 4.69) is 15.0 Å². The van der Waals surface area contributed by atoms with E-state index in [1.807, 2.05) is 12.1 Å². The van der Waals surface area contributed by atoms with Gasteiger partial charge in [-0.3, -0.25) is 4.79 Å². The lowest BCUT2D eigenvalue weighted by Gasteiger charge is -2.36. The summed E-state index contributed by atoms with van der Waals surface area (Å²) >= 11 is 1.02. The number of nitrogens with zero attached hydrogens (tertiary/aromatic N) is 3. The van der Waals surface area contributed by atoms with Gasteiger partial charge < -0.3 is 14.6 Å². The number of halogens is 3. The average molecular weight is 499 g/mol. The third-order valence-electron chi connectivity index (χ3n) is 6.01. The molecule has 1 aliphatic heterocycles. The minimum atomic E-state index is -4.61. The highest BCUT2D eigenvalue weighted by atomic mass is 32.2. The Kier molecular flexibility index (Phi) is 6.14. The molecule has 1 amide bonds. The molecule has 0 radical (unpaired) electrons. The first-order valence-electron chi connectivity index (χ1n) is 10.9. The molecule has 35 heavy (non-hydrogen) atoms. The van der Waals surface area contributed by atoms with Crippen molar-refractivity contribution in [2.45, 2.75) is 23.8 Å². The summed E-state index contributed by atoms with van der Waals surface area (Å²) in [4.78, 5) is 25.5. The fourth-order valence-corrected chi connectivity index (χ4v) is 5.11. The molecular weight excluding hydrogens is 477 g/mol. The molecule has 0 unspecified atom stereocenters. The van der Waals surface area contributed by atoms with Crippen molar-refractivity contribution in [3.63, 3.8) is 0 Å². The topological polar surface area (TPSA) is 71.1 Å². The number of H-pyrrole nitrogens is 1. The second-order valence-electron chi connectivity index (χ2n) is 8.09. The molecule has 0 bridgehead atoms. The van der Waals surface area contributed by atoms with Crippen molar-refractivity contribution in [2.24, 2.45) is 0 Å². The van der Waals surface area contributed by atoms with E-state index in [-0.39, 0.29) is 18.0 Å². The van der Waals surface area contributed by atoms with Crippen LogP contribution in [-0.4, -0.2) is 51.3 Å². The number of aromatic amines is 1. The molecule has 5 rings (SSSR count). The number of methoxy groups -OCH3 is 1. The van der Waals surface area contributed by atoms with E-state index in [4.69, 9.17) is 4.74 Å². The van der Waals surface area contributed by atoms with Crippen LogP contribution >= 0.6 is 11.8 Å². The molecule has 6 nitrogen and oxygen atoms in total. The Morgan fingerprint density at radius 3 is 2.69 bits per heavy atom. The van der Waals surface area contributed by atoms with Gasteiger partial charge >= 0.3 is 6.18 Å². The maximum absolute atomic E-state index is 14.2. The Morgan fingerprint density at radius 1 is 1.17 bits per heavy atom. The highest BCUT2D eigenvalue weighted by Crippen LogP contribution is 2.44. The molecular formula is C25H21F3N4O2S. The third kappa shape index (κ3) is 4.58. The zero-order valence-corrected chi connectivity index (χ0v) is 19.5. The molecule has 0 aliphatic carbocycles. The minimum absolute atomic E-state index is 0.00877. The van der Waals surface area contributed by atoms with Gasteiger partial charge in [-0.05, 0) is 48.4 Å². The van der Waals surface area contributed by atoms with E-state index in [9.17, 15) is 18.0 Å². The Balaban J connectivity index is 1.35. The summed E-state index contributed by atoms with van der Waals surface area (Å²) in [5.41, 5.74) is 2.78. The molecule has 1 aliphatic rings. The van der Waals surface area contributed by atoms with E-state index in [1.165, 1.54) is 0 Å². The maximum atomic E-state index is 14.2. The van der Waals surface area contributed by atoms with Gasteiger partial charge in [0.05, 0.1) is 24.3 Å². The van der Waals surface area contributed by atoms with Gasteiger partial charge in [0, 0.05) is 29.2 Å².